The van der Waals surface area contributed by atoms with E-state index in [1.54, 1.807) is 18.2 Å². The zero-order valence-electron chi connectivity index (χ0n) is 11.3. The Balaban J connectivity index is 2.31. The molecule has 20 heavy (non-hydrogen) atoms. The SMILES string of the molecule is CC(Nc1ccccc1S(C)(=O)=O)c1cccc(Cl)c1. The van der Waals surface area contributed by atoms with Crippen molar-refractivity contribution < 1.29 is 8.42 Å². The van der Waals surface area contributed by atoms with Crippen molar-refractivity contribution in [2.75, 3.05) is 11.6 Å². The number of hydrogen-bond acceptors (Lipinski definition) is 3. The van der Waals surface area contributed by atoms with E-state index in [0.29, 0.717) is 15.6 Å². The monoisotopic (exact) mass is 309 g/mol. The molecule has 0 aliphatic rings. The molecule has 0 aromatic heterocycles. The second-order valence-corrected chi connectivity index (χ2v) is 7.11. The van der Waals surface area contributed by atoms with Gasteiger partial charge in [-0.3, -0.25) is 0 Å². The highest BCUT2D eigenvalue weighted by atomic mass is 35.5. The number of sulfone groups is 1. The first kappa shape index (κ1) is 14.9. The van der Waals surface area contributed by atoms with Crippen LogP contribution in [0.2, 0.25) is 5.02 Å². The highest BCUT2D eigenvalue weighted by Gasteiger charge is 2.14. The molecule has 0 heterocycles. The largest absolute Gasteiger partial charge is 0.377 e. The Hall–Kier alpha value is -1.52. The second kappa shape index (κ2) is 5.85. The van der Waals surface area contributed by atoms with Crippen LogP contribution in [0, 0.1) is 0 Å². The maximum atomic E-state index is 11.8. The molecule has 3 nitrogen and oxygen atoms in total. The molecule has 5 heteroatoms. The smallest absolute Gasteiger partial charge is 0.177 e. The summed E-state index contributed by atoms with van der Waals surface area (Å²) in [5.74, 6) is 0. The lowest BCUT2D eigenvalue weighted by Gasteiger charge is -2.18. The molecule has 0 saturated carbocycles. The molecule has 2 aromatic rings. The summed E-state index contributed by atoms with van der Waals surface area (Å²) >= 11 is 5.97. The van der Waals surface area contributed by atoms with E-state index in [9.17, 15) is 8.42 Å². The van der Waals surface area contributed by atoms with E-state index >= 15 is 0 Å². The topological polar surface area (TPSA) is 46.2 Å². The number of benzene rings is 2. The van der Waals surface area contributed by atoms with Gasteiger partial charge in [-0.1, -0.05) is 35.9 Å². The van der Waals surface area contributed by atoms with Crippen LogP contribution >= 0.6 is 11.6 Å². The van der Waals surface area contributed by atoms with Crippen molar-refractivity contribution in [2.24, 2.45) is 0 Å². The average molecular weight is 310 g/mol. The maximum absolute atomic E-state index is 11.8. The van der Waals surface area contributed by atoms with E-state index in [-0.39, 0.29) is 6.04 Å². The van der Waals surface area contributed by atoms with Crippen molar-refractivity contribution in [2.45, 2.75) is 17.9 Å². The summed E-state index contributed by atoms with van der Waals surface area (Å²) in [5.41, 5.74) is 1.60. The molecule has 1 N–H and O–H groups in total. The van der Waals surface area contributed by atoms with Crippen LogP contribution in [0.15, 0.2) is 53.4 Å². The highest BCUT2D eigenvalue weighted by molar-refractivity contribution is 7.90. The van der Waals surface area contributed by atoms with E-state index in [0.717, 1.165) is 5.56 Å². The average Bonchev–Trinajstić information content (AvgIpc) is 2.38. The summed E-state index contributed by atoms with van der Waals surface area (Å²) in [4.78, 5) is 0.300. The Morgan fingerprint density at radius 1 is 1.10 bits per heavy atom. The predicted molar refractivity (Wildman–Crippen MR) is 83.0 cm³/mol. The number of para-hydroxylation sites is 1. The third kappa shape index (κ3) is 3.52. The Labute approximate surface area is 124 Å². The van der Waals surface area contributed by atoms with Gasteiger partial charge in [0.05, 0.1) is 10.6 Å². The van der Waals surface area contributed by atoms with Crippen LogP contribution in [-0.2, 0) is 9.84 Å². The first-order valence-corrected chi connectivity index (χ1v) is 8.46. The van der Waals surface area contributed by atoms with Gasteiger partial charge in [-0.25, -0.2) is 8.42 Å². The molecule has 1 unspecified atom stereocenters. The molecule has 1 atom stereocenters. The van der Waals surface area contributed by atoms with Crippen molar-refractivity contribution in [3.05, 3.63) is 59.1 Å². The Kier molecular flexibility index (Phi) is 4.35. The van der Waals surface area contributed by atoms with Crippen molar-refractivity contribution in [3.63, 3.8) is 0 Å². The zero-order valence-corrected chi connectivity index (χ0v) is 12.9. The summed E-state index contributed by atoms with van der Waals surface area (Å²) in [5, 5.41) is 3.88. The number of anilines is 1. The van der Waals surface area contributed by atoms with Gasteiger partial charge < -0.3 is 5.32 Å². The molecule has 0 fully saturated rings. The van der Waals surface area contributed by atoms with Gasteiger partial charge in [0, 0.05) is 17.3 Å². The van der Waals surface area contributed by atoms with Gasteiger partial charge in [0.15, 0.2) is 9.84 Å². The Morgan fingerprint density at radius 2 is 1.80 bits per heavy atom. The van der Waals surface area contributed by atoms with E-state index < -0.39 is 9.84 Å². The molecule has 2 rings (SSSR count). The molecule has 0 aliphatic carbocycles. The third-order valence-corrected chi connectivity index (χ3v) is 4.40. The van der Waals surface area contributed by atoms with Crippen LogP contribution in [0.1, 0.15) is 18.5 Å². The van der Waals surface area contributed by atoms with Crippen LogP contribution in [0.5, 0.6) is 0 Å². The van der Waals surface area contributed by atoms with Gasteiger partial charge in [0.2, 0.25) is 0 Å². The molecule has 0 amide bonds. The molecule has 2 aromatic carbocycles. The summed E-state index contributed by atoms with van der Waals surface area (Å²) in [6, 6.07) is 14.3. The van der Waals surface area contributed by atoms with Gasteiger partial charge in [0.25, 0.3) is 0 Å². The van der Waals surface area contributed by atoms with Crippen LogP contribution in [0.4, 0.5) is 5.69 Å². The van der Waals surface area contributed by atoms with Gasteiger partial charge in [0.1, 0.15) is 0 Å². The number of hydrogen-bond donors (Lipinski definition) is 1. The van der Waals surface area contributed by atoms with Crippen molar-refractivity contribution in [1.29, 1.82) is 0 Å². The fourth-order valence-electron chi connectivity index (χ4n) is 2.00. The van der Waals surface area contributed by atoms with Crippen molar-refractivity contribution >= 4 is 27.1 Å². The molecule has 0 bridgehead atoms. The highest BCUT2D eigenvalue weighted by Crippen LogP contribution is 2.26. The predicted octanol–water partition coefficient (Wildman–Crippen LogP) is 3.92. The standard InChI is InChI=1S/C15H16ClNO2S/c1-11(12-6-5-7-13(16)10-12)17-14-8-3-4-9-15(14)20(2,18)19/h3-11,17H,1-2H3. The van der Waals surface area contributed by atoms with E-state index in [1.165, 1.54) is 6.26 Å². The van der Waals surface area contributed by atoms with E-state index in [2.05, 4.69) is 5.32 Å². The van der Waals surface area contributed by atoms with Crippen LogP contribution in [0.25, 0.3) is 0 Å². The lowest BCUT2D eigenvalue weighted by molar-refractivity contribution is 0.602. The minimum atomic E-state index is -3.26. The first-order chi connectivity index (χ1) is 9.38. The number of halogens is 1. The van der Waals surface area contributed by atoms with Crippen LogP contribution < -0.4 is 5.32 Å². The maximum Gasteiger partial charge on any atom is 0.177 e. The normalized spacial score (nSPS) is 12.9. The van der Waals surface area contributed by atoms with Crippen molar-refractivity contribution in [3.8, 4) is 0 Å². The van der Waals surface area contributed by atoms with Crippen LogP contribution in [-0.4, -0.2) is 14.7 Å². The third-order valence-electron chi connectivity index (χ3n) is 3.01. The first-order valence-electron chi connectivity index (χ1n) is 6.19. The van der Waals surface area contributed by atoms with Gasteiger partial charge in [-0.05, 0) is 36.8 Å². The van der Waals surface area contributed by atoms with Gasteiger partial charge in [-0.15, -0.1) is 0 Å². The fourth-order valence-corrected chi connectivity index (χ4v) is 3.05. The Morgan fingerprint density at radius 3 is 2.45 bits per heavy atom. The van der Waals surface area contributed by atoms with E-state index in [1.807, 2.05) is 37.3 Å². The molecule has 0 aliphatic heterocycles. The summed E-state index contributed by atoms with van der Waals surface area (Å²) in [7, 11) is -3.26. The molecular weight excluding hydrogens is 294 g/mol. The minimum absolute atomic E-state index is 0.0448. The lowest BCUT2D eigenvalue weighted by atomic mass is 10.1. The molecule has 0 saturated heterocycles. The zero-order chi connectivity index (χ0) is 14.8. The molecule has 0 radical (unpaired) electrons. The lowest BCUT2D eigenvalue weighted by Crippen LogP contribution is -2.10. The molecule has 0 spiro atoms. The van der Waals surface area contributed by atoms with Crippen LogP contribution in [0.3, 0.4) is 0 Å². The van der Waals surface area contributed by atoms with Crippen molar-refractivity contribution in [1.82, 2.24) is 0 Å². The van der Waals surface area contributed by atoms with Gasteiger partial charge >= 0.3 is 0 Å². The minimum Gasteiger partial charge on any atom is -0.377 e. The van der Waals surface area contributed by atoms with Gasteiger partial charge in [-0.2, -0.15) is 0 Å². The summed E-state index contributed by atoms with van der Waals surface area (Å²) in [6.07, 6.45) is 1.21. The fraction of sp³-hybridized carbons (Fsp3) is 0.200. The molecular formula is C15H16ClNO2S. The Bertz CT molecular complexity index is 713. The number of nitrogens with one attached hydrogen (secondary N) is 1. The van der Waals surface area contributed by atoms with E-state index in [4.69, 9.17) is 11.6 Å². The summed E-state index contributed by atoms with van der Waals surface area (Å²) in [6.45, 7) is 1.96. The second-order valence-electron chi connectivity index (χ2n) is 4.69. The number of rotatable bonds is 4. The quantitative estimate of drug-likeness (QED) is 0.931. The molecule has 106 valence electrons. The summed E-state index contributed by atoms with van der Waals surface area (Å²) < 4.78 is 23.5.